The van der Waals surface area contributed by atoms with E-state index in [9.17, 15) is 9.59 Å². The zero-order chi connectivity index (χ0) is 15.7. The number of rotatable bonds is 10. The zero-order valence-electron chi connectivity index (χ0n) is 13.6. The third-order valence-electron chi connectivity index (χ3n) is 3.45. The van der Waals surface area contributed by atoms with Crippen LogP contribution in [0.2, 0.25) is 0 Å². The van der Waals surface area contributed by atoms with Crippen molar-refractivity contribution in [3.05, 3.63) is 0 Å². The first-order chi connectivity index (χ1) is 9.31. The van der Waals surface area contributed by atoms with Crippen molar-refractivity contribution in [1.82, 2.24) is 9.80 Å². The smallest absolute Gasteiger partial charge is 0.307 e. The maximum atomic E-state index is 12.1. The summed E-state index contributed by atoms with van der Waals surface area (Å²) in [6.45, 7) is 12.8. The molecule has 1 unspecified atom stereocenters. The molecule has 0 rings (SSSR count). The Hall–Kier alpha value is -1.10. The fraction of sp³-hybridized carbons (Fsp3) is 0.867. The third kappa shape index (κ3) is 7.48. The van der Waals surface area contributed by atoms with E-state index < -0.39 is 11.9 Å². The van der Waals surface area contributed by atoms with Crippen molar-refractivity contribution in [3.8, 4) is 0 Å². The first-order valence-corrected chi connectivity index (χ1v) is 7.54. The molecule has 1 N–H and O–H groups in total. The van der Waals surface area contributed by atoms with E-state index in [2.05, 4.69) is 13.8 Å². The highest BCUT2D eigenvalue weighted by Gasteiger charge is 2.20. The maximum absolute atomic E-state index is 12.1. The number of amides is 1. The lowest BCUT2D eigenvalue weighted by molar-refractivity contribution is -0.142. The highest BCUT2D eigenvalue weighted by atomic mass is 16.4. The number of carboxylic acid groups (broad SMARTS) is 1. The molecule has 0 aromatic heterocycles. The lowest BCUT2D eigenvalue weighted by atomic mass is 10.1. The molecule has 118 valence electrons. The minimum Gasteiger partial charge on any atom is -0.481 e. The number of hydrogen-bond acceptors (Lipinski definition) is 3. The van der Waals surface area contributed by atoms with E-state index in [4.69, 9.17) is 5.11 Å². The molecule has 0 fully saturated rings. The van der Waals surface area contributed by atoms with Crippen LogP contribution in [0.5, 0.6) is 0 Å². The van der Waals surface area contributed by atoms with Gasteiger partial charge in [0.05, 0.1) is 12.5 Å². The van der Waals surface area contributed by atoms with Crippen molar-refractivity contribution in [2.75, 3.05) is 32.7 Å². The highest BCUT2D eigenvalue weighted by Crippen LogP contribution is 2.07. The summed E-state index contributed by atoms with van der Waals surface area (Å²) in [5.41, 5.74) is 0. The van der Waals surface area contributed by atoms with E-state index in [1.807, 2.05) is 18.7 Å². The van der Waals surface area contributed by atoms with Crippen LogP contribution in [0.4, 0.5) is 0 Å². The van der Waals surface area contributed by atoms with E-state index in [1.165, 1.54) is 0 Å². The Morgan fingerprint density at radius 2 is 1.65 bits per heavy atom. The van der Waals surface area contributed by atoms with Crippen LogP contribution < -0.4 is 0 Å². The lowest BCUT2D eigenvalue weighted by Gasteiger charge is -2.27. The van der Waals surface area contributed by atoms with Crippen molar-refractivity contribution in [2.24, 2.45) is 11.8 Å². The van der Waals surface area contributed by atoms with Crippen molar-refractivity contribution in [1.29, 1.82) is 0 Å². The van der Waals surface area contributed by atoms with Gasteiger partial charge in [-0.15, -0.1) is 0 Å². The van der Waals surface area contributed by atoms with Crippen LogP contribution in [-0.2, 0) is 9.59 Å². The fourth-order valence-corrected chi connectivity index (χ4v) is 2.01. The van der Waals surface area contributed by atoms with Crippen molar-refractivity contribution in [2.45, 2.75) is 41.0 Å². The monoisotopic (exact) mass is 286 g/mol. The maximum Gasteiger partial charge on any atom is 0.307 e. The minimum absolute atomic E-state index is 0.0799. The predicted octanol–water partition coefficient (Wildman–Crippen LogP) is 1.92. The number of carboxylic acids is 1. The van der Waals surface area contributed by atoms with Crippen molar-refractivity contribution in [3.63, 3.8) is 0 Å². The van der Waals surface area contributed by atoms with Gasteiger partial charge in [-0.2, -0.15) is 0 Å². The molecule has 5 nitrogen and oxygen atoms in total. The van der Waals surface area contributed by atoms with Gasteiger partial charge in [0.15, 0.2) is 0 Å². The molecule has 0 aliphatic heterocycles. The van der Waals surface area contributed by atoms with Crippen LogP contribution in [0.3, 0.4) is 0 Å². The number of likely N-dealkylation sites (N-methyl/N-ethyl adjacent to an activating group) is 1. The quantitative estimate of drug-likeness (QED) is 0.666. The normalized spacial score (nSPS) is 12.8. The summed E-state index contributed by atoms with van der Waals surface area (Å²) in [6, 6.07) is 0. The lowest BCUT2D eigenvalue weighted by Crippen LogP contribution is -2.43. The molecule has 0 aliphatic carbocycles. The molecule has 5 heteroatoms. The number of carbonyl (C=O) groups excluding carboxylic acids is 1. The molecule has 0 aliphatic rings. The Labute approximate surface area is 122 Å². The Morgan fingerprint density at radius 3 is 2.05 bits per heavy atom. The molecule has 0 spiro atoms. The summed E-state index contributed by atoms with van der Waals surface area (Å²) in [7, 11) is 0. The third-order valence-corrected chi connectivity index (χ3v) is 3.45. The Bertz CT molecular complexity index is 301. The van der Waals surface area contributed by atoms with E-state index in [0.29, 0.717) is 32.1 Å². The van der Waals surface area contributed by atoms with Gasteiger partial charge in [0.1, 0.15) is 0 Å². The molecule has 20 heavy (non-hydrogen) atoms. The summed E-state index contributed by atoms with van der Waals surface area (Å²) in [6.07, 6.45) is 0.970. The van der Waals surface area contributed by atoms with Crippen molar-refractivity contribution < 1.29 is 14.7 Å². The number of aliphatic carboxylic acids is 1. The Balaban J connectivity index is 4.58. The first-order valence-electron chi connectivity index (χ1n) is 7.54. The second kappa shape index (κ2) is 9.75. The predicted molar refractivity (Wildman–Crippen MR) is 80.6 cm³/mol. The molecule has 1 amide bonds. The minimum atomic E-state index is -0.810. The van der Waals surface area contributed by atoms with Gasteiger partial charge in [0, 0.05) is 19.6 Å². The van der Waals surface area contributed by atoms with Gasteiger partial charge in [-0.3, -0.25) is 14.5 Å². The Kier molecular flexibility index (Phi) is 9.21. The van der Waals surface area contributed by atoms with Gasteiger partial charge in [-0.1, -0.05) is 20.8 Å². The summed E-state index contributed by atoms with van der Waals surface area (Å²) in [4.78, 5) is 26.9. The summed E-state index contributed by atoms with van der Waals surface area (Å²) in [5.74, 6) is -0.640. The van der Waals surface area contributed by atoms with Gasteiger partial charge < -0.3 is 10.0 Å². The second-order valence-electron chi connectivity index (χ2n) is 5.72. The molecule has 0 bridgehead atoms. The van der Waals surface area contributed by atoms with E-state index in [-0.39, 0.29) is 5.91 Å². The van der Waals surface area contributed by atoms with Gasteiger partial charge in [0.25, 0.3) is 0 Å². The average molecular weight is 286 g/mol. The Morgan fingerprint density at radius 1 is 1.10 bits per heavy atom. The van der Waals surface area contributed by atoms with Crippen molar-refractivity contribution >= 4 is 11.9 Å². The molecule has 0 aromatic rings. The van der Waals surface area contributed by atoms with E-state index >= 15 is 0 Å². The average Bonchev–Trinajstić information content (AvgIpc) is 2.37. The van der Waals surface area contributed by atoms with Gasteiger partial charge in [0.2, 0.25) is 5.91 Å². The molecule has 0 radical (unpaired) electrons. The molecule has 0 aromatic carbocycles. The van der Waals surface area contributed by atoms with Crippen LogP contribution in [0, 0.1) is 11.8 Å². The van der Waals surface area contributed by atoms with Crippen LogP contribution in [0.15, 0.2) is 0 Å². The highest BCUT2D eigenvalue weighted by molar-refractivity contribution is 5.78. The zero-order valence-corrected chi connectivity index (χ0v) is 13.6. The van der Waals surface area contributed by atoms with E-state index in [0.717, 1.165) is 13.0 Å². The van der Waals surface area contributed by atoms with Crippen LogP contribution in [0.1, 0.15) is 41.0 Å². The van der Waals surface area contributed by atoms with Gasteiger partial charge in [-0.05, 0) is 32.7 Å². The molecule has 1 atom stereocenters. The van der Waals surface area contributed by atoms with Crippen LogP contribution in [0.25, 0.3) is 0 Å². The van der Waals surface area contributed by atoms with E-state index in [1.54, 1.807) is 11.8 Å². The number of hydrogen-bond donors (Lipinski definition) is 1. The molecular formula is C15H30N2O3. The summed E-state index contributed by atoms with van der Waals surface area (Å²) < 4.78 is 0. The number of nitrogens with zero attached hydrogens (tertiary/aromatic N) is 2. The second-order valence-corrected chi connectivity index (χ2v) is 5.72. The molecule has 0 heterocycles. The van der Waals surface area contributed by atoms with Crippen LogP contribution >= 0.6 is 0 Å². The molecule has 0 saturated heterocycles. The first kappa shape index (κ1) is 18.9. The SMILES string of the molecule is CCN(CC)C(=O)CN(CCC(C)C)CC(C)C(=O)O. The standard InChI is InChI=1S/C15H30N2O3/c1-6-17(7-2)14(18)11-16(9-8-12(3)4)10-13(5)15(19)20/h12-13H,6-11H2,1-5H3,(H,19,20). The van der Waals surface area contributed by atoms with Gasteiger partial charge >= 0.3 is 5.97 Å². The summed E-state index contributed by atoms with van der Waals surface area (Å²) >= 11 is 0. The fourth-order valence-electron chi connectivity index (χ4n) is 2.01. The van der Waals surface area contributed by atoms with Gasteiger partial charge in [-0.25, -0.2) is 0 Å². The molecular weight excluding hydrogens is 256 g/mol. The number of carbonyl (C=O) groups is 2. The van der Waals surface area contributed by atoms with Crippen LogP contribution in [-0.4, -0.2) is 59.5 Å². The topological polar surface area (TPSA) is 60.9 Å². The largest absolute Gasteiger partial charge is 0.481 e. The molecule has 0 saturated carbocycles. The summed E-state index contributed by atoms with van der Waals surface area (Å²) in [5, 5.41) is 9.02.